The molecular weight excluding hydrogens is 560 g/mol. The number of anilines is 2. The Bertz CT molecular complexity index is 1850. The van der Waals surface area contributed by atoms with Crippen LogP contribution in [0.5, 0.6) is 0 Å². The molecule has 1 aliphatic heterocycles. The van der Waals surface area contributed by atoms with E-state index in [-0.39, 0.29) is 32.8 Å². The summed E-state index contributed by atoms with van der Waals surface area (Å²) in [6, 6.07) is 9.41. The van der Waals surface area contributed by atoms with Crippen LogP contribution in [0.4, 0.5) is 20.4 Å². The topological polar surface area (TPSA) is 113 Å². The largest absolute Gasteiger partial charge is 0.350 e. The molecule has 1 fully saturated rings. The molecule has 0 aliphatic carbocycles. The number of sulfonamides is 1. The normalized spacial score (nSPS) is 15.9. The number of hydrogen-bond acceptors (Lipinski definition) is 7. The van der Waals surface area contributed by atoms with E-state index in [0.717, 1.165) is 38.1 Å². The summed E-state index contributed by atoms with van der Waals surface area (Å²) in [6.45, 7) is 3.56. The number of pyridine rings is 1. The minimum absolute atomic E-state index is 0.0169. The number of fused-ring (bicyclic) bond motifs is 3. The molecule has 3 aromatic heterocycles. The molecule has 3 N–H and O–H groups in total. The van der Waals surface area contributed by atoms with Crippen molar-refractivity contribution in [1.82, 2.24) is 24.7 Å². The Morgan fingerprint density at radius 2 is 1.88 bits per heavy atom. The van der Waals surface area contributed by atoms with E-state index in [2.05, 4.69) is 30.3 Å². The van der Waals surface area contributed by atoms with E-state index >= 15 is 8.78 Å². The second-order valence-electron chi connectivity index (χ2n) is 9.64. The van der Waals surface area contributed by atoms with Crippen LogP contribution in [0.3, 0.4) is 0 Å². The summed E-state index contributed by atoms with van der Waals surface area (Å²) in [7, 11) is -4.19. The minimum atomic E-state index is -4.19. The molecule has 0 saturated carbocycles. The van der Waals surface area contributed by atoms with E-state index in [9.17, 15) is 8.42 Å². The van der Waals surface area contributed by atoms with Gasteiger partial charge >= 0.3 is 0 Å². The predicted molar refractivity (Wildman–Crippen MR) is 150 cm³/mol. The van der Waals surface area contributed by atoms with Gasteiger partial charge in [0.25, 0.3) is 10.0 Å². The summed E-state index contributed by atoms with van der Waals surface area (Å²) in [6.07, 6.45) is 5.39. The number of imidazole rings is 1. The Kier molecular flexibility index (Phi) is 6.77. The fourth-order valence-electron chi connectivity index (χ4n) is 4.92. The highest BCUT2D eigenvalue weighted by Gasteiger charge is 2.23. The van der Waals surface area contributed by atoms with Gasteiger partial charge in [-0.25, -0.2) is 27.2 Å². The van der Waals surface area contributed by atoms with Crippen molar-refractivity contribution in [2.24, 2.45) is 0 Å². The fourth-order valence-corrected chi connectivity index (χ4v) is 6.48. The maximum Gasteiger partial charge on any atom is 0.263 e. The lowest BCUT2D eigenvalue weighted by molar-refractivity contribution is 0.478. The highest BCUT2D eigenvalue weighted by atomic mass is 35.5. The zero-order chi connectivity index (χ0) is 28.0. The average molecular weight is 584 g/mol. The third-order valence-corrected chi connectivity index (χ3v) is 8.59. The van der Waals surface area contributed by atoms with Crippen molar-refractivity contribution in [2.45, 2.75) is 30.7 Å². The minimum Gasteiger partial charge on any atom is -0.350 e. The molecule has 206 valence electrons. The van der Waals surface area contributed by atoms with Crippen molar-refractivity contribution in [2.75, 3.05) is 23.1 Å². The summed E-state index contributed by atoms with van der Waals surface area (Å²) >= 11 is 6.01. The van der Waals surface area contributed by atoms with Gasteiger partial charge in [-0.05, 0) is 56.6 Å². The lowest BCUT2D eigenvalue weighted by Gasteiger charge is -2.23. The molecule has 0 radical (unpaired) electrons. The molecule has 40 heavy (non-hydrogen) atoms. The zero-order valence-corrected chi connectivity index (χ0v) is 22.8. The van der Waals surface area contributed by atoms with Crippen molar-refractivity contribution >= 4 is 49.9 Å². The molecule has 1 saturated heterocycles. The number of benzene rings is 2. The quantitative estimate of drug-likeness (QED) is 0.253. The summed E-state index contributed by atoms with van der Waals surface area (Å²) in [4.78, 5) is 13.4. The van der Waals surface area contributed by atoms with E-state index in [4.69, 9.17) is 11.6 Å². The molecule has 0 amide bonds. The number of aryl methyl sites for hydroxylation is 1. The van der Waals surface area contributed by atoms with Crippen LogP contribution in [0.1, 0.15) is 18.5 Å². The maximum atomic E-state index is 15.5. The van der Waals surface area contributed by atoms with Crippen molar-refractivity contribution in [3.8, 4) is 11.1 Å². The van der Waals surface area contributed by atoms with Crippen LogP contribution in [-0.2, 0) is 10.0 Å². The molecule has 13 heteroatoms. The second-order valence-corrected chi connectivity index (χ2v) is 11.7. The van der Waals surface area contributed by atoms with Gasteiger partial charge in [0.15, 0.2) is 5.65 Å². The molecule has 1 unspecified atom stereocenters. The van der Waals surface area contributed by atoms with Gasteiger partial charge in [0, 0.05) is 35.9 Å². The second kappa shape index (κ2) is 10.3. The number of halogens is 3. The smallest absolute Gasteiger partial charge is 0.263 e. The number of piperidine rings is 1. The lowest BCUT2D eigenvalue weighted by atomic mass is 10.0. The summed E-state index contributed by atoms with van der Waals surface area (Å²) < 4.78 is 60.5. The third kappa shape index (κ3) is 4.93. The van der Waals surface area contributed by atoms with Crippen molar-refractivity contribution in [3.05, 3.63) is 77.2 Å². The number of nitrogens with zero attached hydrogens (tertiary/aromatic N) is 4. The van der Waals surface area contributed by atoms with Crippen LogP contribution in [0.15, 0.2) is 59.8 Å². The molecule has 1 aliphatic rings. The Labute approximate surface area is 233 Å². The van der Waals surface area contributed by atoms with Crippen LogP contribution in [0.2, 0.25) is 5.02 Å². The van der Waals surface area contributed by atoms with E-state index < -0.39 is 21.7 Å². The number of rotatable bonds is 6. The summed E-state index contributed by atoms with van der Waals surface area (Å²) in [5.41, 5.74) is 1.00. The Morgan fingerprint density at radius 3 is 2.60 bits per heavy atom. The van der Waals surface area contributed by atoms with Crippen molar-refractivity contribution in [1.29, 1.82) is 0 Å². The van der Waals surface area contributed by atoms with Gasteiger partial charge in [-0.3, -0.25) is 9.12 Å². The number of hydrogen-bond donors (Lipinski definition) is 3. The SMILES string of the molecule is Cc1cn2c(n1)c(-c1c(F)cc(NS(=O)(=O)c3ccccc3Cl)cc1F)cc1cnc(NC3CCCNC3)nc12. The molecule has 1 atom stereocenters. The fraction of sp³-hybridized carbons (Fsp3) is 0.222. The van der Waals surface area contributed by atoms with Crippen LogP contribution >= 0.6 is 11.6 Å². The first-order chi connectivity index (χ1) is 19.2. The van der Waals surface area contributed by atoms with Crippen LogP contribution in [0.25, 0.3) is 27.8 Å². The molecule has 4 heterocycles. The maximum absolute atomic E-state index is 15.5. The Hall–Kier alpha value is -3.87. The first-order valence-electron chi connectivity index (χ1n) is 12.6. The van der Waals surface area contributed by atoms with E-state index in [0.29, 0.717) is 28.3 Å². The van der Waals surface area contributed by atoms with Gasteiger partial charge in [0.05, 0.1) is 22.0 Å². The van der Waals surface area contributed by atoms with Crippen molar-refractivity contribution < 1.29 is 17.2 Å². The van der Waals surface area contributed by atoms with Gasteiger partial charge in [0.2, 0.25) is 5.95 Å². The van der Waals surface area contributed by atoms with Gasteiger partial charge in [-0.2, -0.15) is 4.98 Å². The van der Waals surface area contributed by atoms with Gasteiger partial charge in [-0.15, -0.1) is 0 Å². The first-order valence-corrected chi connectivity index (χ1v) is 14.5. The van der Waals surface area contributed by atoms with Crippen LogP contribution in [0, 0.1) is 18.6 Å². The van der Waals surface area contributed by atoms with E-state index in [1.807, 2.05) is 0 Å². The third-order valence-electron chi connectivity index (χ3n) is 6.71. The molecule has 6 rings (SSSR count). The van der Waals surface area contributed by atoms with Crippen LogP contribution < -0.4 is 15.4 Å². The number of aromatic nitrogens is 4. The molecule has 9 nitrogen and oxygen atoms in total. The van der Waals surface area contributed by atoms with Crippen molar-refractivity contribution in [3.63, 3.8) is 0 Å². The molecule has 0 spiro atoms. The molecule has 0 bridgehead atoms. The highest BCUT2D eigenvalue weighted by Crippen LogP contribution is 2.35. The van der Waals surface area contributed by atoms with Gasteiger partial charge < -0.3 is 10.6 Å². The standard InChI is InChI=1S/C27H24ClF2N7O2S/c1-15-14-37-25-16(12-32-27(35-25)34-17-5-4-8-31-13-17)9-19(26(37)33-15)24-21(29)10-18(11-22(24)30)36-40(38,39)23-7-3-2-6-20(23)28/h2-3,6-7,9-12,14,17,31,36H,4-5,8,13H2,1H3,(H,32,34,35). The molecule has 5 aromatic rings. The highest BCUT2D eigenvalue weighted by molar-refractivity contribution is 7.92. The van der Waals surface area contributed by atoms with Crippen LogP contribution in [-0.4, -0.2) is 46.9 Å². The molecule has 2 aromatic carbocycles. The summed E-state index contributed by atoms with van der Waals surface area (Å²) in [5, 5.41) is 7.22. The van der Waals surface area contributed by atoms with Gasteiger partial charge in [0.1, 0.15) is 22.2 Å². The monoisotopic (exact) mass is 583 g/mol. The first kappa shape index (κ1) is 26.4. The zero-order valence-electron chi connectivity index (χ0n) is 21.2. The van der Waals surface area contributed by atoms with Gasteiger partial charge in [-0.1, -0.05) is 23.7 Å². The lowest BCUT2D eigenvalue weighted by Crippen LogP contribution is -2.38. The summed E-state index contributed by atoms with van der Waals surface area (Å²) in [5.74, 6) is -1.49. The predicted octanol–water partition coefficient (Wildman–Crippen LogP) is 5.15. The Morgan fingerprint density at radius 1 is 1.10 bits per heavy atom. The van der Waals surface area contributed by atoms with E-state index in [1.54, 1.807) is 35.9 Å². The molecular formula is C27H24ClF2N7O2S. The average Bonchev–Trinajstić information content (AvgIpc) is 3.31. The van der Waals surface area contributed by atoms with E-state index in [1.165, 1.54) is 18.2 Å². The Balaban J connectivity index is 1.40. The number of nitrogens with one attached hydrogen (secondary N) is 3.